The second-order valence-electron chi connectivity index (χ2n) is 17.1. The van der Waals surface area contributed by atoms with E-state index in [-0.39, 0.29) is 10.8 Å². The van der Waals surface area contributed by atoms with Gasteiger partial charge >= 0.3 is 0 Å². The molecule has 2 aliphatic rings. The lowest BCUT2D eigenvalue weighted by Gasteiger charge is -2.28. The molecule has 0 bridgehead atoms. The first-order valence-electron chi connectivity index (χ1n) is 20.8. The SMILES string of the molecule is CC1(C)c2ccccc2-c2ccc(-c3nc(-c4ccc(-c5ccc6oc7ccccc7c6c5)cc4)cc(-c4ccc5c(c4)C(C)(c4ccccc4)c4ccccc4-5)n3)cc21. The maximum atomic E-state index is 6.13. The molecule has 2 aromatic heterocycles. The Kier molecular flexibility index (Phi) is 7.40. The lowest BCUT2D eigenvalue weighted by Crippen LogP contribution is -2.22. The number of furan rings is 1. The Labute approximate surface area is 349 Å². The van der Waals surface area contributed by atoms with Crippen LogP contribution in [0.5, 0.6) is 0 Å². The standard InChI is InChI=1S/C57H40N2O/c1-56(2)47-18-10-7-15-41(47)43-29-26-39(33-49(43)56)55-58-51(36-23-21-35(22-24-36)37-27-30-54-46(31-37)45-17-9-12-20-53(45)60-54)34-52(59-55)38-25-28-44-42-16-8-11-19-48(42)57(3,50(44)32-38)40-13-5-4-6-14-40/h4-34H,1-3H3. The molecular formula is C57H40N2O. The number of hydrogen-bond donors (Lipinski definition) is 0. The minimum atomic E-state index is -0.315. The van der Waals surface area contributed by atoms with E-state index in [0.717, 1.165) is 61.1 Å². The van der Waals surface area contributed by atoms with Gasteiger partial charge in [-0.2, -0.15) is 0 Å². The van der Waals surface area contributed by atoms with Crippen molar-refractivity contribution in [1.29, 1.82) is 0 Å². The first-order valence-corrected chi connectivity index (χ1v) is 20.8. The van der Waals surface area contributed by atoms with Gasteiger partial charge in [-0.1, -0.05) is 166 Å². The minimum absolute atomic E-state index is 0.138. The molecule has 0 aliphatic heterocycles. The van der Waals surface area contributed by atoms with Crippen LogP contribution in [0.25, 0.3) is 89.2 Å². The molecule has 0 fully saturated rings. The maximum Gasteiger partial charge on any atom is 0.160 e. The highest BCUT2D eigenvalue weighted by atomic mass is 16.3. The maximum absolute atomic E-state index is 6.13. The first kappa shape index (κ1) is 34.7. The Morgan fingerprint density at radius 1 is 0.367 bits per heavy atom. The van der Waals surface area contributed by atoms with E-state index >= 15 is 0 Å². The Morgan fingerprint density at radius 3 is 1.72 bits per heavy atom. The smallest absolute Gasteiger partial charge is 0.160 e. The molecule has 0 saturated carbocycles. The number of fused-ring (bicyclic) bond motifs is 9. The van der Waals surface area contributed by atoms with Gasteiger partial charge in [-0.15, -0.1) is 0 Å². The summed E-state index contributed by atoms with van der Waals surface area (Å²) in [4.78, 5) is 10.8. The summed E-state index contributed by atoms with van der Waals surface area (Å²) in [5.74, 6) is 0.716. The highest BCUT2D eigenvalue weighted by Crippen LogP contribution is 2.53. The lowest BCUT2D eigenvalue weighted by atomic mass is 9.74. The van der Waals surface area contributed by atoms with E-state index in [1.807, 2.05) is 12.1 Å². The molecule has 284 valence electrons. The van der Waals surface area contributed by atoms with Gasteiger partial charge in [-0.3, -0.25) is 0 Å². The molecule has 0 spiro atoms. The van der Waals surface area contributed by atoms with Crippen molar-refractivity contribution < 1.29 is 4.42 Å². The Balaban J connectivity index is 1.01. The van der Waals surface area contributed by atoms with Crippen LogP contribution in [0, 0.1) is 0 Å². The molecule has 3 nitrogen and oxygen atoms in total. The number of benzene rings is 8. The fourth-order valence-corrected chi connectivity index (χ4v) is 10.2. The van der Waals surface area contributed by atoms with E-state index in [2.05, 4.69) is 197 Å². The van der Waals surface area contributed by atoms with Crippen molar-refractivity contribution in [3.63, 3.8) is 0 Å². The van der Waals surface area contributed by atoms with Crippen LogP contribution in [0.2, 0.25) is 0 Å². The van der Waals surface area contributed by atoms with Crippen LogP contribution in [0.3, 0.4) is 0 Å². The average Bonchev–Trinajstić information content (AvgIpc) is 3.89. The Bertz CT molecular complexity index is 3360. The van der Waals surface area contributed by atoms with Crippen molar-refractivity contribution in [1.82, 2.24) is 9.97 Å². The molecule has 0 saturated heterocycles. The van der Waals surface area contributed by atoms with Crippen molar-refractivity contribution in [2.45, 2.75) is 31.6 Å². The number of hydrogen-bond acceptors (Lipinski definition) is 3. The van der Waals surface area contributed by atoms with Crippen LogP contribution in [0.4, 0.5) is 0 Å². The van der Waals surface area contributed by atoms with Crippen molar-refractivity contribution in [3.8, 4) is 67.3 Å². The summed E-state index contributed by atoms with van der Waals surface area (Å²) < 4.78 is 6.13. The van der Waals surface area contributed by atoms with Gasteiger partial charge in [0.05, 0.1) is 11.4 Å². The van der Waals surface area contributed by atoms with Crippen LogP contribution >= 0.6 is 0 Å². The van der Waals surface area contributed by atoms with E-state index in [1.165, 1.54) is 50.1 Å². The highest BCUT2D eigenvalue weighted by molar-refractivity contribution is 6.06. The Morgan fingerprint density at radius 2 is 0.917 bits per heavy atom. The van der Waals surface area contributed by atoms with Crippen LogP contribution < -0.4 is 0 Å². The van der Waals surface area contributed by atoms with Gasteiger partial charge < -0.3 is 4.42 Å². The molecule has 2 aliphatic carbocycles. The van der Waals surface area contributed by atoms with Crippen LogP contribution in [0.15, 0.2) is 192 Å². The number of para-hydroxylation sites is 1. The topological polar surface area (TPSA) is 38.9 Å². The zero-order valence-electron chi connectivity index (χ0n) is 33.7. The molecule has 3 heteroatoms. The summed E-state index contributed by atoms with van der Waals surface area (Å²) >= 11 is 0. The molecule has 0 N–H and O–H groups in total. The van der Waals surface area contributed by atoms with Gasteiger partial charge in [0.2, 0.25) is 0 Å². The predicted octanol–water partition coefficient (Wildman–Crippen LogP) is 14.7. The lowest BCUT2D eigenvalue weighted by molar-refractivity contribution is 0.660. The van der Waals surface area contributed by atoms with Crippen LogP contribution in [0.1, 0.15) is 48.6 Å². The van der Waals surface area contributed by atoms with Crippen molar-refractivity contribution >= 4 is 21.9 Å². The summed E-state index contributed by atoms with van der Waals surface area (Å²) in [7, 11) is 0. The van der Waals surface area contributed by atoms with E-state index in [9.17, 15) is 0 Å². The quantitative estimate of drug-likeness (QED) is 0.175. The third kappa shape index (κ3) is 5.09. The van der Waals surface area contributed by atoms with Gasteiger partial charge in [0.1, 0.15) is 11.2 Å². The number of rotatable bonds is 5. The molecule has 60 heavy (non-hydrogen) atoms. The van der Waals surface area contributed by atoms with Gasteiger partial charge in [0, 0.05) is 38.3 Å². The van der Waals surface area contributed by atoms with E-state index in [1.54, 1.807) is 0 Å². The third-order valence-electron chi connectivity index (χ3n) is 13.4. The van der Waals surface area contributed by atoms with Crippen molar-refractivity contribution in [2.24, 2.45) is 0 Å². The van der Waals surface area contributed by atoms with Gasteiger partial charge in [0.25, 0.3) is 0 Å². The molecule has 12 rings (SSSR count). The fraction of sp³-hybridized carbons (Fsp3) is 0.0877. The van der Waals surface area contributed by atoms with Crippen LogP contribution in [-0.2, 0) is 10.8 Å². The third-order valence-corrected chi connectivity index (χ3v) is 13.4. The summed E-state index contributed by atoms with van der Waals surface area (Å²) in [5, 5.41) is 2.25. The largest absolute Gasteiger partial charge is 0.456 e. The van der Waals surface area contributed by atoms with E-state index < -0.39 is 0 Å². The number of aromatic nitrogens is 2. The molecule has 8 aromatic carbocycles. The summed E-state index contributed by atoms with van der Waals surface area (Å²) in [6.45, 7) is 7.02. The summed E-state index contributed by atoms with van der Waals surface area (Å²) in [6.07, 6.45) is 0. The zero-order chi connectivity index (χ0) is 40.2. The van der Waals surface area contributed by atoms with E-state index in [0.29, 0.717) is 5.82 Å². The highest BCUT2D eigenvalue weighted by Gasteiger charge is 2.41. The predicted molar refractivity (Wildman–Crippen MR) is 246 cm³/mol. The molecule has 1 atom stereocenters. The molecular weight excluding hydrogens is 729 g/mol. The fourth-order valence-electron chi connectivity index (χ4n) is 10.2. The minimum Gasteiger partial charge on any atom is -0.456 e. The van der Waals surface area contributed by atoms with Crippen molar-refractivity contribution in [2.75, 3.05) is 0 Å². The molecule has 2 heterocycles. The second kappa shape index (κ2) is 12.8. The molecule has 1 unspecified atom stereocenters. The summed E-state index contributed by atoms with van der Waals surface area (Å²) in [6, 6.07) is 67.9. The molecule has 10 aromatic rings. The molecule has 0 radical (unpaired) electrons. The second-order valence-corrected chi connectivity index (χ2v) is 17.1. The monoisotopic (exact) mass is 768 g/mol. The van der Waals surface area contributed by atoms with E-state index in [4.69, 9.17) is 14.4 Å². The number of nitrogens with zero attached hydrogens (tertiary/aromatic N) is 2. The van der Waals surface area contributed by atoms with Crippen LogP contribution in [-0.4, -0.2) is 9.97 Å². The van der Waals surface area contributed by atoms with Gasteiger partial charge in [-0.25, -0.2) is 9.97 Å². The first-order chi connectivity index (χ1) is 29.3. The van der Waals surface area contributed by atoms with Gasteiger partial charge in [0.15, 0.2) is 5.82 Å². The van der Waals surface area contributed by atoms with Gasteiger partial charge in [-0.05, 0) is 105 Å². The zero-order valence-corrected chi connectivity index (χ0v) is 33.7. The molecule has 0 amide bonds. The normalized spacial score (nSPS) is 15.8. The Hall–Kier alpha value is -7.36. The average molecular weight is 769 g/mol. The summed E-state index contributed by atoms with van der Waals surface area (Å²) in [5.41, 5.74) is 20.2. The van der Waals surface area contributed by atoms with Crippen molar-refractivity contribution in [3.05, 3.63) is 216 Å².